The van der Waals surface area contributed by atoms with Crippen LogP contribution in [-0.2, 0) is 5.41 Å². The van der Waals surface area contributed by atoms with Gasteiger partial charge in [-0.15, -0.1) is 5.10 Å². The maximum Gasteiger partial charge on any atom is 0.405 e. The molecule has 12 heteroatoms. The van der Waals surface area contributed by atoms with Crippen molar-refractivity contribution in [2.24, 2.45) is 5.73 Å². The van der Waals surface area contributed by atoms with Gasteiger partial charge >= 0.3 is 12.2 Å². The molecular weight excluding hydrogens is 495 g/mol. The van der Waals surface area contributed by atoms with Crippen LogP contribution in [-0.4, -0.2) is 45.9 Å². The molecular formula is C25H31F5N6O. The molecule has 1 saturated carbocycles. The van der Waals surface area contributed by atoms with Crippen LogP contribution in [0.2, 0.25) is 0 Å². The van der Waals surface area contributed by atoms with Crippen molar-refractivity contribution < 1.29 is 26.4 Å². The number of hydrogen-bond acceptors (Lipinski definition) is 7. The molecule has 202 valence electrons. The van der Waals surface area contributed by atoms with E-state index in [1.807, 2.05) is 27.7 Å². The highest BCUT2D eigenvalue weighted by molar-refractivity contribution is 5.90. The van der Waals surface area contributed by atoms with Crippen LogP contribution >= 0.6 is 0 Å². The summed E-state index contributed by atoms with van der Waals surface area (Å²) in [5.41, 5.74) is 6.80. The quantitative estimate of drug-likeness (QED) is 0.330. The number of aromatic nitrogens is 3. The van der Waals surface area contributed by atoms with Crippen LogP contribution in [0.25, 0.3) is 22.5 Å². The van der Waals surface area contributed by atoms with Gasteiger partial charge in [0, 0.05) is 17.1 Å². The Hall–Kier alpha value is -3.02. The van der Waals surface area contributed by atoms with Crippen molar-refractivity contribution in [1.29, 1.82) is 0 Å². The molecule has 2 atom stereocenters. The number of fused-ring (bicyclic) bond motifs is 1. The van der Waals surface area contributed by atoms with Crippen LogP contribution in [0.5, 0.6) is 0 Å². The number of benzene rings is 1. The van der Waals surface area contributed by atoms with E-state index in [2.05, 4.69) is 20.8 Å². The average Bonchev–Trinajstić information content (AvgIpc) is 3.24. The SMILES string of the molecule is Cc1cc(-c2nnc(NC3CCCC(N)(C(F)F)C3)o2)nc2c(C(C)(C)C)cc(NCC(F)(F)F)cc12. The summed E-state index contributed by atoms with van der Waals surface area (Å²) < 4.78 is 70.9. The Balaban J connectivity index is 1.64. The van der Waals surface area contributed by atoms with E-state index in [-0.39, 0.29) is 30.8 Å². The Bertz CT molecular complexity index is 1270. The highest BCUT2D eigenvalue weighted by atomic mass is 19.4. The minimum atomic E-state index is -4.35. The number of anilines is 2. The molecule has 1 aliphatic carbocycles. The van der Waals surface area contributed by atoms with Gasteiger partial charge < -0.3 is 20.8 Å². The molecule has 0 aliphatic heterocycles. The van der Waals surface area contributed by atoms with Crippen molar-refractivity contribution in [3.8, 4) is 11.6 Å². The monoisotopic (exact) mass is 526 g/mol. The molecule has 2 unspecified atom stereocenters. The zero-order chi connectivity index (χ0) is 27.2. The zero-order valence-corrected chi connectivity index (χ0v) is 21.1. The van der Waals surface area contributed by atoms with E-state index in [4.69, 9.17) is 15.1 Å². The third-order valence-electron chi connectivity index (χ3n) is 6.65. The van der Waals surface area contributed by atoms with Gasteiger partial charge in [-0.05, 0) is 67.3 Å². The van der Waals surface area contributed by atoms with Crippen LogP contribution in [0.3, 0.4) is 0 Å². The van der Waals surface area contributed by atoms with Crippen LogP contribution in [0.15, 0.2) is 22.6 Å². The van der Waals surface area contributed by atoms with Crippen molar-refractivity contribution in [2.75, 3.05) is 17.2 Å². The fourth-order valence-electron chi connectivity index (χ4n) is 4.70. The lowest BCUT2D eigenvalue weighted by Gasteiger charge is -2.37. The van der Waals surface area contributed by atoms with Gasteiger partial charge in [0.25, 0.3) is 12.3 Å². The first-order valence-corrected chi connectivity index (χ1v) is 12.1. The lowest BCUT2D eigenvalue weighted by molar-refractivity contribution is -0.115. The first-order valence-electron chi connectivity index (χ1n) is 12.1. The minimum absolute atomic E-state index is 0.0787. The fourth-order valence-corrected chi connectivity index (χ4v) is 4.70. The van der Waals surface area contributed by atoms with Gasteiger partial charge in [0.05, 0.1) is 11.1 Å². The van der Waals surface area contributed by atoms with Crippen molar-refractivity contribution in [2.45, 2.75) is 83.0 Å². The summed E-state index contributed by atoms with van der Waals surface area (Å²) in [5, 5.41) is 14.3. The molecule has 2 aromatic heterocycles. The summed E-state index contributed by atoms with van der Waals surface area (Å²) in [7, 11) is 0. The molecule has 0 radical (unpaired) electrons. The molecule has 0 bridgehead atoms. The first kappa shape index (κ1) is 27.0. The number of nitrogens with one attached hydrogen (secondary N) is 2. The van der Waals surface area contributed by atoms with E-state index in [0.29, 0.717) is 35.1 Å². The number of nitrogens with two attached hydrogens (primary N) is 1. The van der Waals surface area contributed by atoms with Gasteiger partial charge in [0.1, 0.15) is 12.2 Å². The topological polar surface area (TPSA) is 102 Å². The Kier molecular flexibility index (Phi) is 7.08. The van der Waals surface area contributed by atoms with Crippen LogP contribution in [0.4, 0.5) is 33.7 Å². The second-order valence-corrected chi connectivity index (χ2v) is 10.8. The number of aryl methyl sites for hydroxylation is 1. The fraction of sp³-hybridized carbons (Fsp3) is 0.560. The molecule has 37 heavy (non-hydrogen) atoms. The number of alkyl halides is 5. The Labute approximate surface area is 211 Å². The van der Waals surface area contributed by atoms with Gasteiger partial charge in [0.15, 0.2) is 0 Å². The summed E-state index contributed by atoms with van der Waals surface area (Å²) in [6.45, 7) is 6.54. The summed E-state index contributed by atoms with van der Waals surface area (Å²) in [4.78, 5) is 4.74. The second-order valence-electron chi connectivity index (χ2n) is 10.8. The molecule has 4 rings (SSSR count). The second kappa shape index (κ2) is 9.70. The molecule has 0 spiro atoms. The largest absolute Gasteiger partial charge is 0.405 e. The van der Waals surface area contributed by atoms with Crippen molar-refractivity contribution in [3.05, 3.63) is 29.3 Å². The molecule has 0 saturated heterocycles. The molecule has 4 N–H and O–H groups in total. The summed E-state index contributed by atoms with van der Waals surface area (Å²) >= 11 is 0. The summed E-state index contributed by atoms with van der Waals surface area (Å²) in [5.74, 6) is 0.135. The Morgan fingerprint density at radius 1 is 1.16 bits per heavy atom. The van der Waals surface area contributed by atoms with Crippen LogP contribution < -0.4 is 16.4 Å². The maximum atomic E-state index is 13.4. The van der Waals surface area contributed by atoms with Gasteiger partial charge in [-0.25, -0.2) is 13.8 Å². The highest BCUT2D eigenvalue weighted by Gasteiger charge is 2.41. The molecule has 1 aromatic carbocycles. The van der Waals surface area contributed by atoms with E-state index >= 15 is 0 Å². The zero-order valence-electron chi connectivity index (χ0n) is 21.1. The number of nitrogens with zero attached hydrogens (tertiary/aromatic N) is 3. The molecule has 7 nitrogen and oxygen atoms in total. The highest BCUT2D eigenvalue weighted by Crippen LogP contribution is 2.36. The van der Waals surface area contributed by atoms with E-state index in [0.717, 1.165) is 11.1 Å². The molecule has 3 aromatic rings. The van der Waals surface area contributed by atoms with Crippen LogP contribution in [0.1, 0.15) is 57.6 Å². The normalized spacial score (nSPS) is 21.0. The molecule has 2 heterocycles. The number of hydrogen-bond donors (Lipinski definition) is 3. The van der Waals surface area contributed by atoms with Crippen molar-refractivity contribution in [1.82, 2.24) is 15.2 Å². The average molecular weight is 527 g/mol. The van der Waals surface area contributed by atoms with E-state index in [9.17, 15) is 22.0 Å². The number of pyridine rings is 1. The van der Waals surface area contributed by atoms with Crippen molar-refractivity contribution >= 4 is 22.6 Å². The number of halogens is 5. The minimum Gasteiger partial charge on any atom is -0.402 e. The smallest absolute Gasteiger partial charge is 0.402 e. The first-order chi connectivity index (χ1) is 17.1. The Morgan fingerprint density at radius 2 is 1.89 bits per heavy atom. The van der Waals surface area contributed by atoms with Gasteiger partial charge in [-0.1, -0.05) is 25.9 Å². The number of rotatable bonds is 6. The predicted octanol–water partition coefficient (Wildman–Crippen LogP) is 6.18. The van der Waals surface area contributed by atoms with Gasteiger partial charge in [-0.2, -0.15) is 13.2 Å². The Morgan fingerprint density at radius 3 is 2.54 bits per heavy atom. The molecule has 1 fully saturated rings. The summed E-state index contributed by atoms with van der Waals surface area (Å²) in [6, 6.07) is 4.80. The third kappa shape index (κ3) is 6.11. The van der Waals surface area contributed by atoms with Crippen molar-refractivity contribution in [3.63, 3.8) is 0 Å². The van der Waals surface area contributed by atoms with E-state index in [1.165, 1.54) is 0 Å². The molecule has 1 aliphatic rings. The van der Waals surface area contributed by atoms with E-state index in [1.54, 1.807) is 18.2 Å². The maximum absolute atomic E-state index is 13.4. The molecule has 0 amide bonds. The van der Waals surface area contributed by atoms with E-state index < -0.39 is 30.1 Å². The summed E-state index contributed by atoms with van der Waals surface area (Å²) in [6.07, 6.45) is -5.44. The van der Waals surface area contributed by atoms with Gasteiger partial charge in [0.2, 0.25) is 0 Å². The lowest BCUT2D eigenvalue weighted by atomic mass is 9.80. The lowest BCUT2D eigenvalue weighted by Crippen LogP contribution is -2.53. The van der Waals surface area contributed by atoms with Crippen LogP contribution in [0, 0.1) is 6.92 Å². The van der Waals surface area contributed by atoms with Gasteiger partial charge in [-0.3, -0.25) is 0 Å². The standard InChI is InChI=1S/C25H31F5N6O/c1-13-8-18(20-35-36-22(37-20)33-14-6-5-7-24(31,11-14)21(26)27)34-19-16(13)9-15(32-12-25(28,29)30)10-17(19)23(2,3)4/h8-10,14,21,32H,5-7,11-12,31H2,1-4H3,(H,33,36). The third-order valence-corrected chi connectivity index (χ3v) is 6.65. The predicted molar refractivity (Wildman–Crippen MR) is 132 cm³/mol.